The number of benzene rings is 1. The normalized spacial score (nSPS) is 24.9. The maximum absolute atomic E-state index is 6.51. The molecule has 0 N–H and O–H groups in total. The van der Waals surface area contributed by atoms with Crippen LogP contribution in [0.4, 0.5) is 0 Å². The number of rotatable bonds is 2. The van der Waals surface area contributed by atoms with Crippen molar-refractivity contribution < 1.29 is 4.74 Å². The van der Waals surface area contributed by atoms with Crippen LogP contribution in [0.25, 0.3) is 10.9 Å². The summed E-state index contributed by atoms with van der Waals surface area (Å²) in [6, 6.07) is 8.71. The predicted octanol–water partition coefficient (Wildman–Crippen LogP) is 5.29. The van der Waals surface area contributed by atoms with Gasteiger partial charge >= 0.3 is 0 Å². The highest BCUT2D eigenvalue weighted by Gasteiger charge is 2.40. The van der Waals surface area contributed by atoms with Crippen molar-refractivity contribution in [2.75, 3.05) is 0 Å². The molecule has 0 bridgehead atoms. The van der Waals surface area contributed by atoms with Crippen LogP contribution in [-0.2, 0) is 11.3 Å². The molecule has 1 saturated heterocycles. The molecular formula is C18H22BrNO. The van der Waals surface area contributed by atoms with Crippen LogP contribution in [-0.4, -0.2) is 16.3 Å². The van der Waals surface area contributed by atoms with Crippen molar-refractivity contribution in [1.82, 2.24) is 4.57 Å². The molecule has 3 heteroatoms. The Hall–Kier alpha value is -0.800. The first kappa shape index (κ1) is 13.8. The summed E-state index contributed by atoms with van der Waals surface area (Å²) >= 11 is 3.54. The smallest absolute Gasteiger partial charge is 0.0762 e. The van der Waals surface area contributed by atoms with E-state index in [1.807, 2.05) is 0 Å². The fraction of sp³-hybridized carbons (Fsp3) is 0.556. The molecule has 1 saturated carbocycles. The van der Waals surface area contributed by atoms with Crippen LogP contribution in [0.5, 0.6) is 0 Å². The number of hydrogen-bond donors (Lipinski definition) is 0. The summed E-state index contributed by atoms with van der Waals surface area (Å²) in [5.74, 6) is 0. The first-order valence-corrected chi connectivity index (χ1v) is 8.96. The predicted molar refractivity (Wildman–Crippen MR) is 89.6 cm³/mol. The van der Waals surface area contributed by atoms with E-state index in [9.17, 15) is 0 Å². The van der Waals surface area contributed by atoms with E-state index >= 15 is 0 Å². The Morgan fingerprint density at radius 3 is 2.86 bits per heavy atom. The molecule has 1 unspecified atom stereocenters. The summed E-state index contributed by atoms with van der Waals surface area (Å²) < 4.78 is 10.0. The summed E-state index contributed by atoms with van der Waals surface area (Å²) in [5, 5.41) is 1.30. The van der Waals surface area contributed by atoms with Gasteiger partial charge in [0.2, 0.25) is 0 Å². The molecule has 21 heavy (non-hydrogen) atoms. The summed E-state index contributed by atoms with van der Waals surface area (Å²) in [6.45, 7) is 0.993. The molecule has 4 rings (SSSR count). The van der Waals surface area contributed by atoms with Gasteiger partial charge in [-0.05, 0) is 49.9 Å². The molecule has 2 fully saturated rings. The summed E-state index contributed by atoms with van der Waals surface area (Å²) in [6.07, 6.45) is 11.7. The molecule has 2 aromatic rings. The molecule has 0 amide bonds. The highest BCUT2D eigenvalue weighted by atomic mass is 79.9. The fourth-order valence-corrected chi connectivity index (χ4v) is 4.52. The van der Waals surface area contributed by atoms with E-state index < -0.39 is 0 Å². The molecule has 1 atom stereocenters. The van der Waals surface area contributed by atoms with E-state index in [2.05, 4.69) is 51.0 Å². The quantitative estimate of drug-likeness (QED) is 0.720. The fourth-order valence-electron chi connectivity index (χ4n) is 4.14. The van der Waals surface area contributed by atoms with Gasteiger partial charge in [-0.2, -0.15) is 0 Å². The second kappa shape index (κ2) is 5.44. The lowest BCUT2D eigenvalue weighted by Gasteiger charge is -2.33. The van der Waals surface area contributed by atoms with Crippen LogP contribution in [0, 0.1) is 0 Å². The third-order valence-corrected chi connectivity index (χ3v) is 5.73. The van der Waals surface area contributed by atoms with Crippen LogP contribution in [0.1, 0.15) is 44.9 Å². The molecule has 0 radical (unpaired) electrons. The van der Waals surface area contributed by atoms with E-state index in [1.54, 1.807) is 0 Å². The van der Waals surface area contributed by atoms with Gasteiger partial charge in [-0.25, -0.2) is 0 Å². The van der Waals surface area contributed by atoms with Crippen LogP contribution in [0.15, 0.2) is 34.9 Å². The zero-order valence-corrected chi connectivity index (χ0v) is 13.9. The van der Waals surface area contributed by atoms with Gasteiger partial charge in [0.25, 0.3) is 0 Å². The maximum Gasteiger partial charge on any atom is 0.0762 e. The minimum Gasteiger partial charge on any atom is -0.370 e. The largest absolute Gasteiger partial charge is 0.370 e. The number of halogens is 1. The molecule has 1 spiro atoms. The average molecular weight is 348 g/mol. The molecular weight excluding hydrogens is 326 g/mol. The van der Waals surface area contributed by atoms with E-state index in [1.165, 1.54) is 55.8 Å². The third-order valence-electron chi connectivity index (χ3n) is 5.24. The molecule has 2 heterocycles. The Morgan fingerprint density at radius 1 is 1.14 bits per heavy atom. The van der Waals surface area contributed by atoms with Gasteiger partial charge in [0.1, 0.15) is 0 Å². The molecule has 112 valence electrons. The van der Waals surface area contributed by atoms with E-state index in [0.717, 1.165) is 11.0 Å². The summed E-state index contributed by atoms with van der Waals surface area (Å²) in [7, 11) is 0. The van der Waals surface area contributed by atoms with Gasteiger partial charge in [0.15, 0.2) is 0 Å². The Morgan fingerprint density at radius 2 is 2.00 bits per heavy atom. The molecule has 2 nitrogen and oxygen atoms in total. The Labute approximate surface area is 134 Å². The Bertz CT molecular complexity index is 642. The molecule has 1 aliphatic heterocycles. The first-order valence-electron chi connectivity index (χ1n) is 8.16. The number of hydrogen-bond acceptors (Lipinski definition) is 1. The number of nitrogens with zero attached hydrogens (tertiary/aromatic N) is 1. The number of fused-ring (bicyclic) bond motifs is 1. The van der Waals surface area contributed by atoms with Gasteiger partial charge in [-0.15, -0.1) is 0 Å². The second-order valence-electron chi connectivity index (χ2n) is 6.69. The van der Waals surface area contributed by atoms with Gasteiger partial charge in [0, 0.05) is 28.1 Å². The Kier molecular flexibility index (Phi) is 3.58. The van der Waals surface area contributed by atoms with Crippen LogP contribution < -0.4 is 0 Å². The zero-order chi connectivity index (χ0) is 14.3. The van der Waals surface area contributed by atoms with E-state index in [-0.39, 0.29) is 5.60 Å². The SMILES string of the molecule is Brc1ccc2c(ccn2CC2CCC3(CCCCC3)O2)c1. The topological polar surface area (TPSA) is 14.2 Å². The van der Waals surface area contributed by atoms with Crippen LogP contribution in [0.3, 0.4) is 0 Å². The minimum absolute atomic E-state index is 0.231. The van der Waals surface area contributed by atoms with Crippen molar-refractivity contribution in [3.63, 3.8) is 0 Å². The van der Waals surface area contributed by atoms with Gasteiger partial charge < -0.3 is 9.30 Å². The monoisotopic (exact) mass is 347 g/mol. The summed E-state index contributed by atoms with van der Waals surface area (Å²) in [4.78, 5) is 0. The Balaban J connectivity index is 1.50. The highest BCUT2D eigenvalue weighted by molar-refractivity contribution is 9.10. The molecule has 1 aromatic carbocycles. The van der Waals surface area contributed by atoms with Crippen molar-refractivity contribution in [3.8, 4) is 0 Å². The standard InChI is InChI=1S/C18H22BrNO/c19-15-4-5-17-14(12-15)7-11-20(17)13-16-6-10-18(21-16)8-2-1-3-9-18/h4-5,7,11-12,16H,1-3,6,8-10,13H2. The minimum atomic E-state index is 0.231. The lowest BCUT2D eigenvalue weighted by molar-refractivity contribution is -0.0676. The third kappa shape index (κ3) is 2.66. The zero-order valence-electron chi connectivity index (χ0n) is 12.4. The average Bonchev–Trinajstić information content (AvgIpc) is 3.05. The molecule has 1 aliphatic carbocycles. The second-order valence-corrected chi connectivity index (χ2v) is 7.61. The van der Waals surface area contributed by atoms with Gasteiger partial charge in [-0.3, -0.25) is 0 Å². The van der Waals surface area contributed by atoms with Crippen molar-refractivity contribution in [3.05, 3.63) is 34.9 Å². The number of ether oxygens (including phenoxy) is 1. The van der Waals surface area contributed by atoms with Crippen molar-refractivity contribution >= 4 is 26.8 Å². The molecule has 1 aromatic heterocycles. The van der Waals surface area contributed by atoms with Gasteiger partial charge in [-0.1, -0.05) is 35.2 Å². The van der Waals surface area contributed by atoms with Crippen molar-refractivity contribution in [2.45, 2.75) is 63.2 Å². The van der Waals surface area contributed by atoms with E-state index in [0.29, 0.717) is 6.10 Å². The van der Waals surface area contributed by atoms with Crippen molar-refractivity contribution in [2.24, 2.45) is 0 Å². The maximum atomic E-state index is 6.51. The van der Waals surface area contributed by atoms with Crippen LogP contribution in [0.2, 0.25) is 0 Å². The van der Waals surface area contributed by atoms with Gasteiger partial charge in [0.05, 0.1) is 11.7 Å². The summed E-state index contributed by atoms with van der Waals surface area (Å²) in [5.41, 5.74) is 1.54. The lowest BCUT2D eigenvalue weighted by atomic mass is 9.83. The van der Waals surface area contributed by atoms with Crippen molar-refractivity contribution in [1.29, 1.82) is 0 Å². The first-order chi connectivity index (χ1) is 10.2. The van der Waals surface area contributed by atoms with E-state index in [4.69, 9.17) is 4.74 Å². The van der Waals surface area contributed by atoms with Crippen LogP contribution >= 0.6 is 15.9 Å². The highest BCUT2D eigenvalue weighted by Crippen LogP contribution is 2.42. The molecule has 2 aliphatic rings. The lowest BCUT2D eigenvalue weighted by Crippen LogP contribution is -2.32. The number of aromatic nitrogens is 1.